The van der Waals surface area contributed by atoms with Crippen molar-refractivity contribution in [1.29, 1.82) is 0 Å². The second-order valence-corrected chi connectivity index (χ2v) is 5.15. The van der Waals surface area contributed by atoms with Gasteiger partial charge in [-0.1, -0.05) is 27.2 Å². The van der Waals surface area contributed by atoms with E-state index < -0.39 is 0 Å². The van der Waals surface area contributed by atoms with Crippen LogP contribution in [0.4, 0.5) is 0 Å². The van der Waals surface area contributed by atoms with Gasteiger partial charge in [0.2, 0.25) is 0 Å². The van der Waals surface area contributed by atoms with E-state index in [4.69, 9.17) is 0 Å². The van der Waals surface area contributed by atoms with E-state index >= 15 is 0 Å². The number of nitrogens with zero attached hydrogens (tertiary/aromatic N) is 2. The van der Waals surface area contributed by atoms with Gasteiger partial charge in [0.1, 0.15) is 0 Å². The van der Waals surface area contributed by atoms with Gasteiger partial charge in [0.15, 0.2) is 0 Å². The van der Waals surface area contributed by atoms with Gasteiger partial charge in [-0.2, -0.15) is 0 Å². The fraction of sp³-hybridized carbons (Fsp3) is 1.00. The Labute approximate surface area is 95.6 Å². The van der Waals surface area contributed by atoms with Crippen molar-refractivity contribution >= 4 is 0 Å². The molecule has 0 radical (unpaired) electrons. The minimum Gasteiger partial charge on any atom is -0.304 e. The van der Waals surface area contributed by atoms with Gasteiger partial charge in [-0.15, -0.1) is 0 Å². The number of rotatable bonds is 5. The molecular weight excluding hydrogens is 184 g/mol. The molecule has 0 amide bonds. The lowest BCUT2D eigenvalue weighted by Crippen LogP contribution is -2.49. The lowest BCUT2D eigenvalue weighted by molar-refractivity contribution is 0.0962. The topological polar surface area (TPSA) is 6.48 Å². The van der Waals surface area contributed by atoms with Crippen LogP contribution < -0.4 is 0 Å². The maximum Gasteiger partial charge on any atom is 0.0113 e. The molecule has 0 aromatic rings. The van der Waals surface area contributed by atoms with E-state index in [0.29, 0.717) is 0 Å². The van der Waals surface area contributed by atoms with Crippen LogP contribution in [0.25, 0.3) is 0 Å². The molecule has 1 heterocycles. The molecule has 1 aliphatic rings. The van der Waals surface area contributed by atoms with Gasteiger partial charge in [-0.25, -0.2) is 0 Å². The van der Waals surface area contributed by atoms with E-state index in [1.165, 1.54) is 45.4 Å². The fourth-order valence-electron chi connectivity index (χ4n) is 2.39. The van der Waals surface area contributed by atoms with Gasteiger partial charge in [0.25, 0.3) is 0 Å². The molecule has 2 heteroatoms. The van der Waals surface area contributed by atoms with Gasteiger partial charge in [-0.3, -0.25) is 4.90 Å². The number of piperazine rings is 1. The van der Waals surface area contributed by atoms with E-state index in [1.54, 1.807) is 0 Å². The van der Waals surface area contributed by atoms with Gasteiger partial charge in [-0.05, 0) is 25.8 Å². The van der Waals surface area contributed by atoms with Crippen molar-refractivity contribution in [3.05, 3.63) is 0 Å². The number of hydrogen-bond acceptors (Lipinski definition) is 2. The van der Waals surface area contributed by atoms with E-state index in [9.17, 15) is 0 Å². The minimum atomic E-state index is 0.827. The van der Waals surface area contributed by atoms with Crippen LogP contribution in [0, 0.1) is 5.92 Å². The fourth-order valence-corrected chi connectivity index (χ4v) is 2.39. The highest BCUT2D eigenvalue weighted by molar-refractivity contribution is 4.77. The van der Waals surface area contributed by atoms with Crippen molar-refractivity contribution in [2.24, 2.45) is 5.92 Å². The summed E-state index contributed by atoms with van der Waals surface area (Å²) in [6, 6.07) is 0.827. The molecule has 2 atom stereocenters. The van der Waals surface area contributed by atoms with Gasteiger partial charge in [0.05, 0.1) is 0 Å². The first-order valence-corrected chi connectivity index (χ1v) is 6.59. The van der Waals surface area contributed by atoms with Gasteiger partial charge < -0.3 is 4.90 Å². The predicted molar refractivity (Wildman–Crippen MR) is 67.2 cm³/mol. The molecule has 1 aliphatic heterocycles. The van der Waals surface area contributed by atoms with E-state index in [-0.39, 0.29) is 0 Å². The SMILES string of the molecule is CCC(C)CC(CC)N1CCN(C)CC1. The second-order valence-electron chi connectivity index (χ2n) is 5.15. The first-order chi connectivity index (χ1) is 7.17. The molecule has 2 unspecified atom stereocenters. The molecule has 1 rings (SSSR count). The Hall–Kier alpha value is -0.0800. The summed E-state index contributed by atoms with van der Waals surface area (Å²) in [5.74, 6) is 0.884. The molecule has 0 aromatic carbocycles. The monoisotopic (exact) mass is 212 g/mol. The van der Waals surface area contributed by atoms with Crippen LogP contribution in [0.5, 0.6) is 0 Å². The summed E-state index contributed by atoms with van der Waals surface area (Å²) >= 11 is 0. The van der Waals surface area contributed by atoms with Crippen molar-refractivity contribution in [2.45, 2.75) is 46.1 Å². The Bertz CT molecular complexity index is 162. The Morgan fingerprint density at radius 2 is 1.60 bits per heavy atom. The summed E-state index contributed by atoms with van der Waals surface area (Å²) in [5.41, 5.74) is 0. The normalized spacial score (nSPS) is 24.0. The zero-order chi connectivity index (χ0) is 11.3. The zero-order valence-electron chi connectivity index (χ0n) is 11.0. The Balaban J connectivity index is 2.37. The Morgan fingerprint density at radius 1 is 1.00 bits per heavy atom. The highest BCUT2D eigenvalue weighted by Gasteiger charge is 2.21. The predicted octanol–water partition coefficient (Wildman–Crippen LogP) is 2.45. The summed E-state index contributed by atoms with van der Waals surface area (Å²) in [7, 11) is 2.23. The van der Waals surface area contributed by atoms with E-state index in [0.717, 1.165) is 12.0 Å². The van der Waals surface area contributed by atoms with Gasteiger partial charge in [0, 0.05) is 32.2 Å². The molecule has 0 aliphatic carbocycles. The van der Waals surface area contributed by atoms with Crippen molar-refractivity contribution in [1.82, 2.24) is 9.80 Å². The van der Waals surface area contributed by atoms with Crippen LogP contribution in [-0.4, -0.2) is 49.1 Å². The van der Waals surface area contributed by atoms with Crippen LogP contribution in [-0.2, 0) is 0 Å². The molecule has 0 aromatic heterocycles. The van der Waals surface area contributed by atoms with E-state index in [1.807, 2.05) is 0 Å². The van der Waals surface area contributed by atoms with Crippen LogP contribution in [0.2, 0.25) is 0 Å². The Morgan fingerprint density at radius 3 is 2.07 bits per heavy atom. The van der Waals surface area contributed by atoms with Gasteiger partial charge >= 0.3 is 0 Å². The third-order valence-electron chi connectivity index (χ3n) is 3.90. The maximum atomic E-state index is 2.70. The molecule has 15 heavy (non-hydrogen) atoms. The minimum absolute atomic E-state index is 0.827. The molecule has 1 fully saturated rings. The lowest BCUT2D eigenvalue weighted by Gasteiger charge is -2.38. The molecule has 0 saturated carbocycles. The third-order valence-corrected chi connectivity index (χ3v) is 3.90. The quantitative estimate of drug-likeness (QED) is 0.691. The van der Waals surface area contributed by atoms with E-state index in [2.05, 4.69) is 37.6 Å². The smallest absolute Gasteiger partial charge is 0.0113 e. The first kappa shape index (κ1) is 13.0. The summed E-state index contributed by atoms with van der Waals surface area (Å²) < 4.78 is 0. The highest BCUT2D eigenvalue weighted by atomic mass is 15.3. The van der Waals surface area contributed by atoms with Crippen LogP contribution in [0.15, 0.2) is 0 Å². The van der Waals surface area contributed by atoms with Crippen molar-refractivity contribution in [3.63, 3.8) is 0 Å². The number of likely N-dealkylation sites (N-methyl/N-ethyl adjacent to an activating group) is 1. The largest absolute Gasteiger partial charge is 0.304 e. The summed E-state index contributed by atoms with van der Waals surface area (Å²) in [5, 5.41) is 0. The molecule has 0 bridgehead atoms. The molecular formula is C13H28N2. The number of hydrogen-bond donors (Lipinski definition) is 0. The zero-order valence-corrected chi connectivity index (χ0v) is 11.0. The molecule has 2 nitrogen and oxygen atoms in total. The van der Waals surface area contributed by atoms with Crippen molar-refractivity contribution in [3.8, 4) is 0 Å². The molecule has 0 N–H and O–H groups in total. The lowest BCUT2D eigenvalue weighted by atomic mass is 9.96. The van der Waals surface area contributed by atoms with Crippen molar-refractivity contribution < 1.29 is 0 Å². The second kappa shape index (κ2) is 6.49. The van der Waals surface area contributed by atoms with Crippen LogP contribution >= 0.6 is 0 Å². The van der Waals surface area contributed by atoms with Crippen LogP contribution in [0.1, 0.15) is 40.0 Å². The third kappa shape index (κ3) is 4.12. The van der Waals surface area contributed by atoms with Crippen LogP contribution in [0.3, 0.4) is 0 Å². The maximum absolute atomic E-state index is 2.70. The Kier molecular flexibility index (Phi) is 5.62. The average molecular weight is 212 g/mol. The van der Waals surface area contributed by atoms with Crippen molar-refractivity contribution in [2.75, 3.05) is 33.2 Å². The summed E-state index contributed by atoms with van der Waals surface area (Å²) in [6.07, 6.45) is 4.02. The summed E-state index contributed by atoms with van der Waals surface area (Å²) in [6.45, 7) is 12.1. The molecule has 90 valence electrons. The molecule has 1 saturated heterocycles. The average Bonchev–Trinajstić information content (AvgIpc) is 2.27. The highest BCUT2D eigenvalue weighted by Crippen LogP contribution is 2.18. The standard InChI is InChI=1S/C13H28N2/c1-5-12(3)11-13(6-2)15-9-7-14(4)8-10-15/h12-13H,5-11H2,1-4H3. The first-order valence-electron chi connectivity index (χ1n) is 6.59. The molecule has 0 spiro atoms. The summed E-state index contributed by atoms with van der Waals surface area (Å²) in [4.78, 5) is 5.14.